The molecule has 0 radical (unpaired) electrons. The molecule has 21 heavy (non-hydrogen) atoms. The summed E-state index contributed by atoms with van der Waals surface area (Å²) in [6.45, 7) is 4.27. The van der Waals surface area contributed by atoms with Crippen LogP contribution in [0, 0.1) is 12.8 Å². The maximum Gasteiger partial charge on any atom is 0.225 e. The Morgan fingerprint density at radius 3 is 3.10 bits per heavy atom. The standard InChI is InChI=1S/C15H20N4OS/c1-10-3-4-21-14(10)8-17-15(20)13-7-16-6-12(13)11-5-18-19(2)9-11/h3-5,9,12-13,16H,6-8H2,1-2H3,(H,17,20)/t12-,13+/m1/s1. The van der Waals surface area contributed by atoms with Gasteiger partial charge in [-0.05, 0) is 29.5 Å². The van der Waals surface area contributed by atoms with Crippen LogP contribution in [0.1, 0.15) is 21.9 Å². The molecule has 0 unspecified atom stereocenters. The third-order valence-corrected chi connectivity index (χ3v) is 5.12. The van der Waals surface area contributed by atoms with Crippen molar-refractivity contribution in [3.8, 4) is 0 Å². The quantitative estimate of drug-likeness (QED) is 0.898. The van der Waals surface area contributed by atoms with Gasteiger partial charge in [-0.3, -0.25) is 9.48 Å². The SMILES string of the molecule is Cc1ccsc1CNC(=O)[C@H]1CNC[C@@H]1c1cnn(C)c1. The number of nitrogens with zero attached hydrogens (tertiary/aromatic N) is 2. The van der Waals surface area contributed by atoms with Crippen LogP contribution in [0.25, 0.3) is 0 Å². The fourth-order valence-corrected chi connectivity index (χ4v) is 3.67. The third-order valence-electron chi connectivity index (χ3n) is 4.10. The molecule has 2 aromatic heterocycles. The van der Waals surface area contributed by atoms with Crippen molar-refractivity contribution in [3.63, 3.8) is 0 Å². The van der Waals surface area contributed by atoms with Crippen LogP contribution in [0.4, 0.5) is 0 Å². The van der Waals surface area contributed by atoms with Crippen LogP contribution in [0.5, 0.6) is 0 Å². The lowest BCUT2D eigenvalue weighted by Gasteiger charge is -2.17. The van der Waals surface area contributed by atoms with Gasteiger partial charge in [-0.25, -0.2) is 0 Å². The van der Waals surface area contributed by atoms with Crippen molar-refractivity contribution in [1.82, 2.24) is 20.4 Å². The lowest BCUT2D eigenvalue weighted by atomic mass is 9.90. The van der Waals surface area contributed by atoms with Crippen molar-refractivity contribution in [1.29, 1.82) is 0 Å². The van der Waals surface area contributed by atoms with Crippen LogP contribution < -0.4 is 10.6 Å². The fraction of sp³-hybridized carbons (Fsp3) is 0.467. The van der Waals surface area contributed by atoms with E-state index in [0.29, 0.717) is 6.54 Å². The molecule has 0 aromatic carbocycles. The minimum Gasteiger partial charge on any atom is -0.351 e. The summed E-state index contributed by atoms with van der Waals surface area (Å²) in [5, 5.41) is 12.7. The van der Waals surface area contributed by atoms with Gasteiger partial charge in [-0.15, -0.1) is 11.3 Å². The smallest absolute Gasteiger partial charge is 0.225 e. The highest BCUT2D eigenvalue weighted by Gasteiger charge is 2.34. The van der Waals surface area contributed by atoms with E-state index in [2.05, 4.69) is 34.1 Å². The molecule has 0 spiro atoms. The normalized spacial score (nSPS) is 21.6. The number of rotatable bonds is 4. The first kappa shape index (κ1) is 14.3. The Morgan fingerprint density at radius 2 is 2.43 bits per heavy atom. The molecule has 2 atom stereocenters. The van der Waals surface area contributed by atoms with Crippen molar-refractivity contribution >= 4 is 17.2 Å². The number of hydrogen-bond acceptors (Lipinski definition) is 4. The number of nitrogens with one attached hydrogen (secondary N) is 2. The summed E-state index contributed by atoms with van der Waals surface area (Å²) in [6, 6.07) is 2.09. The Balaban J connectivity index is 1.65. The number of carbonyl (C=O) groups excluding carboxylic acids is 1. The first-order valence-electron chi connectivity index (χ1n) is 7.15. The van der Waals surface area contributed by atoms with Crippen LogP contribution in [-0.2, 0) is 18.4 Å². The Morgan fingerprint density at radius 1 is 1.57 bits per heavy atom. The van der Waals surface area contributed by atoms with E-state index in [1.54, 1.807) is 16.0 Å². The molecule has 3 rings (SSSR count). The zero-order valence-electron chi connectivity index (χ0n) is 12.3. The zero-order chi connectivity index (χ0) is 14.8. The molecule has 6 heteroatoms. The minimum absolute atomic E-state index is 0.0190. The molecule has 1 aliphatic rings. The maximum atomic E-state index is 12.5. The molecule has 1 fully saturated rings. The van der Waals surface area contributed by atoms with Crippen LogP contribution in [0.15, 0.2) is 23.8 Å². The minimum atomic E-state index is -0.0190. The Kier molecular flexibility index (Phi) is 4.07. The van der Waals surface area contributed by atoms with Gasteiger partial charge in [0, 0.05) is 37.1 Å². The van der Waals surface area contributed by atoms with Crippen LogP contribution in [0.3, 0.4) is 0 Å². The number of hydrogen-bond donors (Lipinski definition) is 2. The second-order valence-corrected chi connectivity index (χ2v) is 6.56. The zero-order valence-corrected chi connectivity index (χ0v) is 13.1. The molecule has 5 nitrogen and oxygen atoms in total. The van der Waals surface area contributed by atoms with Gasteiger partial charge in [0.2, 0.25) is 5.91 Å². The summed E-state index contributed by atoms with van der Waals surface area (Å²) in [4.78, 5) is 13.7. The van der Waals surface area contributed by atoms with Gasteiger partial charge in [0.25, 0.3) is 0 Å². The summed E-state index contributed by atoms with van der Waals surface area (Å²) in [7, 11) is 1.90. The van der Waals surface area contributed by atoms with E-state index in [0.717, 1.165) is 18.7 Å². The molecule has 0 bridgehead atoms. The average molecular weight is 304 g/mol. The summed E-state index contributed by atoms with van der Waals surface area (Å²) in [5.41, 5.74) is 2.38. The number of carbonyl (C=O) groups is 1. The van der Waals surface area contributed by atoms with Gasteiger partial charge < -0.3 is 10.6 Å². The topological polar surface area (TPSA) is 59.0 Å². The van der Waals surface area contributed by atoms with E-state index in [4.69, 9.17) is 0 Å². The van der Waals surface area contributed by atoms with Crippen LogP contribution in [-0.4, -0.2) is 28.8 Å². The van der Waals surface area contributed by atoms with Gasteiger partial charge in [-0.1, -0.05) is 0 Å². The molecule has 0 saturated carbocycles. The second-order valence-electron chi connectivity index (χ2n) is 5.56. The predicted octanol–water partition coefficient (Wildman–Crippen LogP) is 1.41. The van der Waals surface area contributed by atoms with E-state index in [9.17, 15) is 4.79 Å². The average Bonchev–Trinajstić information content (AvgIpc) is 3.16. The van der Waals surface area contributed by atoms with Crippen LogP contribution in [0.2, 0.25) is 0 Å². The van der Waals surface area contributed by atoms with Crippen molar-refractivity contribution in [2.75, 3.05) is 13.1 Å². The summed E-state index contributed by atoms with van der Waals surface area (Å²) < 4.78 is 1.79. The molecule has 0 aliphatic carbocycles. The molecule has 1 saturated heterocycles. The summed E-state index contributed by atoms with van der Waals surface area (Å²) in [6.07, 6.45) is 3.86. The molecule has 112 valence electrons. The second kappa shape index (κ2) is 5.99. The van der Waals surface area contributed by atoms with Crippen LogP contribution >= 0.6 is 11.3 Å². The highest BCUT2D eigenvalue weighted by atomic mass is 32.1. The molecular formula is C15H20N4OS. The van der Waals surface area contributed by atoms with Gasteiger partial charge in [0.05, 0.1) is 18.7 Å². The van der Waals surface area contributed by atoms with Crippen molar-refractivity contribution in [2.45, 2.75) is 19.4 Å². The Hall–Kier alpha value is -1.66. The number of thiophene rings is 1. The number of aromatic nitrogens is 2. The molecule has 2 N–H and O–H groups in total. The lowest BCUT2D eigenvalue weighted by Crippen LogP contribution is -2.33. The monoisotopic (exact) mass is 304 g/mol. The Labute approximate surface area is 128 Å². The molecular weight excluding hydrogens is 284 g/mol. The summed E-state index contributed by atoms with van der Waals surface area (Å²) >= 11 is 1.69. The van der Waals surface area contributed by atoms with Crippen molar-refractivity contribution in [2.24, 2.45) is 13.0 Å². The highest BCUT2D eigenvalue weighted by Crippen LogP contribution is 2.28. The van der Waals surface area contributed by atoms with Crippen molar-refractivity contribution in [3.05, 3.63) is 39.8 Å². The van der Waals surface area contributed by atoms with Gasteiger partial charge in [0.1, 0.15) is 0 Å². The molecule has 2 aromatic rings. The first-order chi connectivity index (χ1) is 10.1. The van der Waals surface area contributed by atoms with E-state index in [1.807, 2.05) is 19.4 Å². The molecule has 3 heterocycles. The molecule has 1 amide bonds. The van der Waals surface area contributed by atoms with E-state index < -0.39 is 0 Å². The van der Waals surface area contributed by atoms with E-state index in [1.165, 1.54) is 10.4 Å². The fourth-order valence-electron chi connectivity index (χ4n) is 2.82. The third kappa shape index (κ3) is 3.01. The van der Waals surface area contributed by atoms with E-state index >= 15 is 0 Å². The highest BCUT2D eigenvalue weighted by molar-refractivity contribution is 7.10. The van der Waals surface area contributed by atoms with Gasteiger partial charge in [0.15, 0.2) is 0 Å². The Bertz CT molecular complexity index is 633. The first-order valence-corrected chi connectivity index (χ1v) is 8.03. The molecule has 1 aliphatic heterocycles. The van der Waals surface area contributed by atoms with Gasteiger partial charge >= 0.3 is 0 Å². The van der Waals surface area contributed by atoms with Crippen molar-refractivity contribution < 1.29 is 4.79 Å². The largest absolute Gasteiger partial charge is 0.351 e. The summed E-state index contributed by atoms with van der Waals surface area (Å²) in [5.74, 6) is 0.319. The number of amides is 1. The van der Waals surface area contributed by atoms with E-state index in [-0.39, 0.29) is 17.7 Å². The predicted molar refractivity (Wildman–Crippen MR) is 83.2 cm³/mol. The lowest BCUT2D eigenvalue weighted by molar-refractivity contribution is -0.124. The maximum absolute atomic E-state index is 12.5. The van der Waals surface area contributed by atoms with Gasteiger partial charge in [-0.2, -0.15) is 5.10 Å². The number of aryl methyl sites for hydroxylation is 2.